The minimum Gasteiger partial charge on any atom is -0.357 e. The lowest BCUT2D eigenvalue weighted by Gasteiger charge is -2.41. The number of rotatable bonds is 6. The highest BCUT2D eigenvalue weighted by Crippen LogP contribution is 3.02. The van der Waals surface area contributed by atoms with Gasteiger partial charge in [-0.15, -0.1) is 0 Å². The first-order chi connectivity index (χ1) is 17.0. The summed E-state index contributed by atoms with van der Waals surface area (Å²) in [5.41, 5.74) is 0.132. The lowest BCUT2D eigenvalue weighted by molar-refractivity contribution is -0.384. The van der Waals surface area contributed by atoms with Crippen molar-refractivity contribution in [2.45, 2.75) is 29.8 Å². The average molecular weight is 584 g/mol. The zero-order chi connectivity index (χ0) is 27.4. The predicted octanol–water partition coefficient (Wildman–Crippen LogP) is 9.55. The summed E-state index contributed by atoms with van der Waals surface area (Å²) in [5, 5.41) is 22.6. The molecule has 37 heavy (non-hydrogen) atoms. The highest BCUT2D eigenvalue weighted by molar-refractivity contribution is 8.45. The second kappa shape index (κ2) is 8.43. The van der Waals surface area contributed by atoms with Crippen molar-refractivity contribution >= 4 is 50.5 Å². The van der Waals surface area contributed by atoms with Gasteiger partial charge in [0.05, 0.1) is 21.9 Å². The number of nitrogens with zero attached hydrogens (tertiary/aromatic N) is 3. The van der Waals surface area contributed by atoms with Gasteiger partial charge in [0.2, 0.25) is 0 Å². The third-order valence-electron chi connectivity index (χ3n) is 6.07. The number of hydrogen-bond donors (Lipinski definition) is 0. The molecule has 0 bridgehead atoms. The van der Waals surface area contributed by atoms with Gasteiger partial charge >= 0.3 is 10.2 Å². The number of benzene rings is 3. The van der Waals surface area contributed by atoms with Crippen LogP contribution in [0.2, 0.25) is 10.0 Å². The van der Waals surface area contributed by atoms with Crippen LogP contribution in [0.15, 0.2) is 65.6 Å². The Morgan fingerprint density at radius 2 is 1.14 bits per heavy atom. The summed E-state index contributed by atoms with van der Waals surface area (Å²) in [4.78, 5) is 21.0. The molecule has 1 heterocycles. The zero-order valence-corrected chi connectivity index (χ0v) is 20.7. The summed E-state index contributed by atoms with van der Waals surface area (Å²) in [6, 6.07) is 9.13. The average Bonchev–Trinajstić information content (AvgIpc) is 3.23. The largest absolute Gasteiger partial charge is 0.357 e. The maximum atomic E-state index is 13.3. The molecule has 15 heteroatoms. The van der Waals surface area contributed by atoms with Crippen LogP contribution in [0.5, 0.6) is 0 Å². The molecule has 1 aliphatic rings. The van der Waals surface area contributed by atoms with Crippen LogP contribution in [0.1, 0.15) is 36.1 Å². The minimum atomic E-state index is -9.93. The molecule has 1 aliphatic heterocycles. The summed E-state index contributed by atoms with van der Waals surface area (Å²) >= 11 is 11.8. The van der Waals surface area contributed by atoms with E-state index >= 15 is 0 Å². The van der Waals surface area contributed by atoms with Crippen molar-refractivity contribution in [3.05, 3.63) is 102 Å². The smallest absolute Gasteiger partial charge is 0.310 e. The van der Waals surface area contributed by atoms with Gasteiger partial charge in [-0.3, -0.25) is 20.2 Å². The highest BCUT2D eigenvalue weighted by atomic mass is 35.5. The highest BCUT2D eigenvalue weighted by Gasteiger charge is 2.65. The number of anilines is 1. The van der Waals surface area contributed by atoms with Crippen molar-refractivity contribution < 1.29 is 29.3 Å². The van der Waals surface area contributed by atoms with Crippen LogP contribution in [0.4, 0.5) is 36.5 Å². The molecule has 0 aliphatic carbocycles. The van der Waals surface area contributed by atoms with Crippen molar-refractivity contribution in [1.29, 1.82) is 0 Å². The first-order valence-corrected chi connectivity index (χ1v) is 13.2. The Morgan fingerprint density at radius 1 is 0.730 bits per heavy atom. The predicted molar refractivity (Wildman–Crippen MR) is 131 cm³/mol. The van der Waals surface area contributed by atoms with Gasteiger partial charge in [-0.25, -0.2) is 0 Å². The van der Waals surface area contributed by atoms with Crippen LogP contribution in [-0.4, -0.2) is 9.85 Å². The molecule has 0 saturated carbocycles. The topological polar surface area (TPSA) is 89.5 Å². The Hall–Kier alpha value is -3.16. The van der Waals surface area contributed by atoms with Crippen molar-refractivity contribution in [2.24, 2.45) is 0 Å². The lowest BCUT2D eigenvalue weighted by Crippen LogP contribution is -2.26. The monoisotopic (exact) mass is 583 g/mol. The zero-order valence-electron chi connectivity index (χ0n) is 18.4. The summed E-state index contributed by atoms with van der Waals surface area (Å²) in [6.07, 6.45) is 0.673. The summed E-state index contributed by atoms with van der Waals surface area (Å²) in [5.74, 6) is 0. The fourth-order valence-electron chi connectivity index (χ4n) is 4.45. The molecule has 198 valence electrons. The standard InChI is InChI=1S/C22H16Cl2F5N3O4S/c23-17-7-1-13(11-21(17)31(33)34)19-9-10-20(14-2-8-18(24)22(12-14)32(35)36)30(19)15-3-5-16(6-4-15)37(25,26,27,28)29/h1-8,11-12,19-20H,9-10H2/t19-,20-/m1/s1. The molecule has 3 aromatic rings. The molecule has 1 fully saturated rings. The van der Waals surface area contributed by atoms with Gasteiger partial charge in [-0.2, -0.15) is 0 Å². The van der Waals surface area contributed by atoms with Crippen LogP contribution >= 0.6 is 33.4 Å². The summed E-state index contributed by atoms with van der Waals surface area (Å²) in [7, 11) is -9.93. The van der Waals surface area contributed by atoms with Crippen LogP contribution < -0.4 is 4.90 Å². The van der Waals surface area contributed by atoms with E-state index in [-0.39, 0.29) is 39.2 Å². The molecule has 3 aromatic carbocycles. The van der Waals surface area contributed by atoms with E-state index in [2.05, 4.69) is 0 Å². The van der Waals surface area contributed by atoms with Crippen molar-refractivity contribution in [2.75, 3.05) is 4.90 Å². The molecule has 1 saturated heterocycles. The number of nitro benzene ring substituents is 2. The molecule has 2 atom stereocenters. The van der Waals surface area contributed by atoms with E-state index in [0.717, 1.165) is 12.1 Å². The molecule has 0 radical (unpaired) electrons. The maximum absolute atomic E-state index is 13.3. The molecule has 0 unspecified atom stereocenters. The van der Waals surface area contributed by atoms with Crippen LogP contribution in [0, 0.1) is 20.2 Å². The Morgan fingerprint density at radius 3 is 1.49 bits per heavy atom. The van der Waals surface area contributed by atoms with E-state index in [1.807, 2.05) is 0 Å². The molecule has 0 aromatic heterocycles. The van der Waals surface area contributed by atoms with Gasteiger partial charge < -0.3 is 4.90 Å². The number of hydrogen-bond acceptors (Lipinski definition) is 5. The van der Waals surface area contributed by atoms with Crippen LogP contribution in [0.3, 0.4) is 0 Å². The fraction of sp³-hybridized carbons (Fsp3) is 0.182. The fourth-order valence-corrected chi connectivity index (χ4v) is 5.48. The first kappa shape index (κ1) is 26.9. The number of nitro groups is 2. The molecule has 0 N–H and O–H groups in total. The van der Waals surface area contributed by atoms with E-state index in [0.29, 0.717) is 24.0 Å². The van der Waals surface area contributed by atoms with Gasteiger partial charge in [0.25, 0.3) is 11.4 Å². The quantitative estimate of drug-likeness (QED) is 0.164. The molecule has 4 rings (SSSR count). The van der Waals surface area contributed by atoms with Crippen LogP contribution in [-0.2, 0) is 0 Å². The van der Waals surface area contributed by atoms with Crippen molar-refractivity contribution in [1.82, 2.24) is 0 Å². The van der Waals surface area contributed by atoms with Gasteiger partial charge in [-0.05, 0) is 60.4 Å². The summed E-state index contributed by atoms with van der Waals surface area (Å²) in [6.45, 7) is 0. The maximum Gasteiger partial charge on any atom is 0.310 e. The van der Waals surface area contributed by atoms with E-state index in [1.54, 1.807) is 4.90 Å². The lowest BCUT2D eigenvalue weighted by atomic mass is 10.0. The van der Waals surface area contributed by atoms with Gasteiger partial charge in [-0.1, -0.05) is 54.8 Å². The second-order valence-electron chi connectivity index (χ2n) is 8.42. The Kier molecular flexibility index (Phi) is 6.13. The van der Waals surface area contributed by atoms with Gasteiger partial charge in [0.15, 0.2) is 0 Å². The third-order valence-corrected chi connectivity index (χ3v) is 7.87. The summed E-state index contributed by atoms with van der Waals surface area (Å²) < 4.78 is 66.4. The molecule has 0 spiro atoms. The van der Waals surface area contributed by atoms with E-state index in [9.17, 15) is 39.7 Å². The Balaban J connectivity index is 1.85. The van der Waals surface area contributed by atoms with Gasteiger partial charge in [0, 0.05) is 17.8 Å². The Bertz CT molecular complexity index is 1350. The second-order valence-corrected chi connectivity index (χ2v) is 11.6. The normalized spacial score (nSPS) is 19.8. The van der Waals surface area contributed by atoms with E-state index < -0.39 is 37.0 Å². The molecule has 7 nitrogen and oxygen atoms in total. The molecular weight excluding hydrogens is 568 g/mol. The van der Waals surface area contributed by atoms with E-state index in [4.69, 9.17) is 23.2 Å². The van der Waals surface area contributed by atoms with Crippen molar-refractivity contribution in [3.8, 4) is 0 Å². The number of halogens is 7. The van der Waals surface area contributed by atoms with Gasteiger partial charge in [0.1, 0.15) is 14.9 Å². The molecule has 0 amide bonds. The SMILES string of the molecule is O=[N+]([O-])c1cc([C@H]2CC[C@H](c3ccc(Cl)c([N+](=O)[O-])c3)N2c2ccc(S(F)(F)(F)(F)F)cc2)ccc1Cl. The van der Waals surface area contributed by atoms with Crippen LogP contribution in [0.25, 0.3) is 0 Å². The Labute approximate surface area is 216 Å². The van der Waals surface area contributed by atoms with Crippen molar-refractivity contribution in [3.63, 3.8) is 0 Å². The third kappa shape index (κ3) is 5.43. The minimum absolute atomic E-state index is 0.105. The van der Waals surface area contributed by atoms with E-state index in [1.165, 1.54) is 36.4 Å². The molecular formula is C22H16Cl2F5N3O4S. The first-order valence-electron chi connectivity index (χ1n) is 10.5.